The average Bonchev–Trinajstić information content (AvgIpc) is 2.67. The number of hydrogen-bond donors (Lipinski definition) is 1. The minimum atomic E-state index is -0.0561. The SMILES string of the molecule is CCN(CC)C(=O)c1cnc(NCCOc2ccc(OC)cc2)nc1. The van der Waals surface area contributed by atoms with Gasteiger partial charge in [-0.2, -0.15) is 0 Å². The highest BCUT2D eigenvalue weighted by atomic mass is 16.5. The van der Waals surface area contributed by atoms with Crippen LogP contribution < -0.4 is 14.8 Å². The first-order valence-corrected chi connectivity index (χ1v) is 8.30. The van der Waals surface area contributed by atoms with Crippen molar-refractivity contribution in [2.75, 3.05) is 38.7 Å². The molecule has 0 bridgehead atoms. The van der Waals surface area contributed by atoms with Gasteiger partial charge >= 0.3 is 0 Å². The van der Waals surface area contributed by atoms with Gasteiger partial charge in [0, 0.05) is 25.5 Å². The molecule has 0 spiro atoms. The van der Waals surface area contributed by atoms with Crippen LogP contribution in [0.3, 0.4) is 0 Å². The number of carbonyl (C=O) groups is 1. The highest BCUT2D eigenvalue weighted by Crippen LogP contribution is 2.16. The van der Waals surface area contributed by atoms with Gasteiger partial charge in [0.1, 0.15) is 18.1 Å². The Labute approximate surface area is 148 Å². The van der Waals surface area contributed by atoms with Crippen molar-refractivity contribution in [2.24, 2.45) is 0 Å². The molecule has 0 aliphatic rings. The van der Waals surface area contributed by atoms with Gasteiger partial charge in [0.2, 0.25) is 5.95 Å². The molecule has 2 rings (SSSR count). The number of hydrogen-bond acceptors (Lipinski definition) is 6. The highest BCUT2D eigenvalue weighted by Gasteiger charge is 2.13. The van der Waals surface area contributed by atoms with E-state index in [1.54, 1.807) is 24.4 Å². The summed E-state index contributed by atoms with van der Waals surface area (Å²) >= 11 is 0. The van der Waals surface area contributed by atoms with Crippen molar-refractivity contribution in [2.45, 2.75) is 13.8 Å². The Hall–Kier alpha value is -2.83. The van der Waals surface area contributed by atoms with Gasteiger partial charge in [0.05, 0.1) is 19.2 Å². The fourth-order valence-electron chi connectivity index (χ4n) is 2.23. The van der Waals surface area contributed by atoms with Crippen LogP contribution in [0, 0.1) is 0 Å². The molecule has 1 N–H and O–H groups in total. The first-order valence-electron chi connectivity index (χ1n) is 8.30. The summed E-state index contributed by atoms with van der Waals surface area (Å²) in [6.07, 6.45) is 3.08. The standard InChI is InChI=1S/C18H24N4O3/c1-4-22(5-2)17(23)14-12-20-18(21-13-14)19-10-11-25-16-8-6-15(24-3)7-9-16/h6-9,12-13H,4-5,10-11H2,1-3H3,(H,19,20,21). The molecule has 1 heterocycles. The quantitative estimate of drug-likeness (QED) is 0.704. The van der Waals surface area contributed by atoms with Crippen molar-refractivity contribution in [3.63, 3.8) is 0 Å². The van der Waals surface area contributed by atoms with Gasteiger partial charge in [0.15, 0.2) is 0 Å². The normalized spacial score (nSPS) is 10.2. The minimum Gasteiger partial charge on any atom is -0.497 e. The number of amides is 1. The smallest absolute Gasteiger partial charge is 0.256 e. The maximum Gasteiger partial charge on any atom is 0.256 e. The predicted octanol–water partition coefficient (Wildman–Crippen LogP) is 2.46. The summed E-state index contributed by atoms with van der Waals surface area (Å²) < 4.78 is 10.7. The van der Waals surface area contributed by atoms with Crippen LogP contribution in [0.15, 0.2) is 36.7 Å². The van der Waals surface area contributed by atoms with Gasteiger partial charge in [-0.1, -0.05) is 0 Å². The Bertz CT molecular complexity index is 655. The lowest BCUT2D eigenvalue weighted by Gasteiger charge is -2.18. The summed E-state index contributed by atoms with van der Waals surface area (Å²) in [5.41, 5.74) is 0.490. The fourth-order valence-corrected chi connectivity index (χ4v) is 2.23. The number of methoxy groups -OCH3 is 1. The van der Waals surface area contributed by atoms with Gasteiger partial charge in [-0.25, -0.2) is 9.97 Å². The second-order valence-electron chi connectivity index (χ2n) is 5.22. The molecule has 0 aliphatic heterocycles. The molecule has 1 aromatic carbocycles. The Morgan fingerprint density at radius 3 is 2.24 bits per heavy atom. The number of nitrogens with one attached hydrogen (secondary N) is 1. The van der Waals surface area contributed by atoms with Gasteiger partial charge in [-0.15, -0.1) is 0 Å². The molecule has 0 atom stereocenters. The number of aromatic nitrogens is 2. The zero-order valence-electron chi connectivity index (χ0n) is 14.9. The molecule has 1 aromatic heterocycles. The monoisotopic (exact) mass is 344 g/mol. The summed E-state index contributed by atoms with van der Waals surface area (Å²) in [5, 5.41) is 3.06. The lowest BCUT2D eigenvalue weighted by molar-refractivity contribution is 0.0772. The minimum absolute atomic E-state index is 0.0561. The summed E-state index contributed by atoms with van der Waals surface area (Å²) in [5.74, 6) is 1.97. The molecule has 0 fully saturated rings. The molecule has 0 unspecified atom stereocenters. The summed E-state index contributed by atoms with van der Waals surface area (Å²) in [4.78, 5) is 22.3. The Morgan fingerprint density at radius 2 is 1.68 bits per heavy atom. The van der Waals surface area contributed by atoms with Crippen LogP contribution in [0.5, 0.6) is 11.5 Å². The van der Waals surface area contributed by atoms with Crippen LogP contribution in [-0.2, 0) is 0 Å². The molecule has 25 heavy (non-hydrogen) atoms. The molecule has 0 saturated carbocycles. The molecule has 0 aliphatic carbocycles. The van der Waals surface area contributed by atoms with Crippen molar-refractivity contribution < 1.29 is 14.3 Å². The second kappa shape index (κ2) is 9.46. The maximum absolute atomic E-state index is 12.2. The van der Waals surface area contributed by atoms with E-state index >= 15 is 0 Å². The average molecular weight is 344 g/mol. The molecule has 1 amide bonds. The van der Waals surface area contributed by atoms with Crippen molar-refractivity contribution in [1.82, 2.24) is 14.9 Å². The lowest BCUT2D eigenvalue weighted by atomic mass is 10.3. The lowest BCUT2D eigenvalue weighted by Crippen LogP contribution is -2.30. The Morgan fingerprint density at radius 1 is 1.08 bits per heavy atom. The third-order valence-electron chi connectivity index (χ3n) is 3.66. The van der Waals surface area contributed by atoms with E-state index in [0.29, 0.717) is 37.8 Å². The zero-order chi connectivity index (χ0) is 18.1. The molecular formula is C18H24N4O3. The van der Waals surface area contributed by atoms with E-state index in [1.165, 1.54) is 0 Å². The van der Waals surface area contributed by atoms with Crippen molar-refractivity contribution in [1.29, 1.82) is 0 Å². The van der Waals surface area contributed by atoms with E-state index in [-0.39, 0.29) is 5.91 Å². The number of nitrogens with zero attached hydrogens (tertiary/aromatic N) is 3. The third kappa shape index (κ3) is 5.34. The van der Waals surface area contributed by atoms with Crippen molar-refractivity contribution in [3.8, 4) is 11.5 Å². The molecule has 7 nitrogen and oxygen atoms in total. The predicted molar refractivity (Wildman–Crippen MR) is 96.3 cm³/mol. The molecular weight excluding hydrogens is 320 g/mol. The zero-order valence-corrected chi connectivity index (χ0v) is 14.9. The molecule has 7 heteroatoms. The second-order valence-corrected chi connectivity index (χ2v) is 5.22. The first-order chi connectivity index (χ1) is 12.2. The van der Waals surface area contributed by atoms with Crippen molar-refractivity contribution in [3.05, 3.63) is 42.2 Å². The van der Waals surface area contributed by atoms with Crippen LogP contribution in [0.1, 0.15) is 24.2 Å². The van der Waals surface area contributed by atoms with Crippen molar-refractivity contribution >= 4 is 11.9 Å². The summed E-state index contributed by atoms with van der Waals surface area (Å²) in [6.45, 7) is 6.24. The molecule has 0 radical (unpaired) electrons. The molecule has 0 saturated heterocycles. The Balaban J connectivity index is 1.78. The van der Waals surface area contributed by atoms with Crippen LogP contribution in [-0.4, -0.2) is 54.1 Å². The van der Waals surface area contributed by atoms with Crippen LogP contribution in [0.25, 0.3) is 0 Å². The number of anilines is 1. The number of rotatable bonds is 9. The van der Waals surface area contributed by atoms with E-state index in [2.05, 4.69) is 15.3 Å². The number of carbonyl (C=O) groups excluding carboxylic acids is 1. The fraction of sp³-hybridized carbons (Fsp3) is 0.389. The van der Waals surface area contributed by atoms with Crippen LogP contribution in [0.2, 0.25) is 0 Å². The summed E-state index contributed by atoms with van der Waals surface area (Å²) in [7, 11) is 1.63. The number of benzene rings is 1. The third-order valence-corrected chi connectivity index (χ3v) is 3.66. The topological polar surface area (TPSA) is 76.6 Å². The van der Waals surface area contributed by atoms with Gasteiger partial charge in [-0.05, 0) is 38.1 Å². The van der Waals surface area contributed by atoms with E-state index in [1.807, 2.05) is 38.1 Å². The highest BCUT2D eigenvalue weighted by molar-refractivity contribution is 5.93. The molecule has 134 valence electrons. The van der Waals surface area contributed by atoms with Gasteiger partial charge < -0.3 is 19.7 Å². The Kier molecular flexibility index (Phi) is 7.00. The van der Waals surface area contributed by atoms with E-state index < -0.39 is 0 Å². The number of ether oxygens (including phenoxy) is 2. The molecule has 2 aromatic rings. The van der Waals surface area contributed by atoms with E-state index in [4.69, 9.17) is 9.47 Å². The van der Waals surface area contributed by atoms with Crippen LogP contribution in [0.4, 0.5) is 5.95 Å². The van der Waals surface area contributed by atoms with Gasteiger partial charge in [-0.3, -0.25) is 4.79 Å². The first kappa shape index (κ1) is 18.5. The van der Waals surface area contributed by atoms with Crippen LogP contribution >= 0.6 is 0 Å². The largest absolute Gasteiger partial charge is 0.497 e. The van der Waals surface area contributed by atoms with E-state index in [0.717, 1.165) is 11.5 Å². The van der Waals surface area contributed by atoms with E-state index in [9.17, 15) is 4.79 Å². The maximum atomic E-state index is 12.2. The van der Waals surface area contributed by atoms with Gasteiger partial charge in [0.25, 0.3) is 5.91 Å². The summed E-state index contributed by atoms with van der Waals surface area (Å²) in [6, 6.07) is 7.39.